The number of aromatic nitrogens is 1. The van der Waals surface area contributed by atoms with E-state index in [2.05, 4.69) is 4.37 Å². The zero-order valence-corrected chi connectivity index (χ0v) is 7.80. The second-order valence-corrected chi connectivity index (χ2v) is 3.45. The van der Waals surface area contributed by atoms with E-state index in [0.717, 1.165) is 16.1 Å². The van der Waals surface area contributed by atoms with Gasteiger partial charge in [-0.25, -0.2) is 0 Å². The molecule has 0 aliphatic carbocycles. The molecule has 4 heteroatoms. The van der Waals surface area contributed by atoms with Crippen molar-refractivity contribution >= 4 is 17.8 Å². The predicted octanol–water partition coefficient (Wildman–Crippen LogP) is 2.52. The minimum Gasteiger partial charge on any atom is -0.461 e. The van der Waals surface area contributed by atoms with E-state index in [1.54, 1.807) is 6.07 Å². The van der Waals surface area contributed by atoms with Gasteiger partial charge >= 0.3 is 0 Å². The molecule has 0 atom stereocenters. The summed E-state index contributed by atoms with van der Waals surface area (Å²) in [5.74, 6) is 0.364. The highest BCUT2D eigenvalue weighted by atomic mass is 32.1. The Kier molecular flexibility index (Phi) is 1.98. The second-order valence-electron chi connectivity index (χ2n) is 2.65. The summed E-state index contributed by atoms with van der Waals surface area (Å²) in [6.07, 6.45) is 2.22. The normalized spacial score (nSPS) is 10.2. The minimum atomic E-state index is 0.364. The summed E-state index contributed by atoms with van der Waals surface area (Å²) >= 11 is 1.37. The number of carbonyl (C=O) groups excluding carboxylic acids is 1. The summed E-state index contributed by atoms with van der Waals surface area (Å²) < 4.78 is 9.12. The van der Waals surface area contributed by atoms with Gasteiger partial charge in [-0.2, -0.15) is 4.37 Å². The van der Waals surface area contributed by atoms with E-state index in [-0.39, 0.29) is 0 Å². The molecule has 13 heavy (non-hydrogen) atoms. The van der Waals surface area contributed by atoms with Crippen LogP contribution in [0.1, 0.15) is 16.2 Å². The number of rotatable bonds is 2. The Hall–Kier alpha value is -1.42. The Bertz CT molecular complexity index is 430. The lowest BCUT2D eigenvalue weighted by Gasteiger charge is -1.88. The molecule has 2 aromatic rings. The van der Waals surface area contributed by atoms with E-state index in [1.165, 1.54) is 17.8 Å². The number of carbonyl (C=O) groups is 1. The Labute approximate surface area is 79.2 Å². The fraction of sp³-hybridized carbons (Fsp3) is 0.111. The maximum absolute atomic E-state index is 10.6. The molecule has 0 N–H and O–H groups in total. The number of aryl methyl sites for hydroxylation is 1. The van der Waals surface area contributed by atoms with E-state index in [0.29, 0.717) is 12.0 Å². The van der Waals surface area contributed by atoms with Crippen LogP contribution in [-0.2, 0) is 0 Å². The Balaban J connectivity index is 2.51. The first-order valence-corrected chi connectivity index (χ1v) is 4.55. The lowest BCUT2D eigenvalue weighted by Crippen LogP contribution is -1.76. The molecule has 3 nitrogen and oxygen atoms in total. The van der Waals surface area contributed by atoms with Crippen LogP contribution in [0.4, 0.5) is 0 Å². The number of hydrogen-bond acceptors (Lipinski definition) is 4. The van der Waals surface area contributed by atoms with Crippen molar-refractivity contribution < 1.29 is 9.21 Å². The molecule has 0 aliphatic heterocycles. The topological polar surface area (TPSA) is 43.1 Å². The standard InChI is InChI=1S/C9H7NO2S/c1-6-4-9(13-10-6)7-2-3-12-8(7)5-11/h2-5H,1H3. The number of nitrogens with zero attached hydrogens (tertiary/aromatic N) is 1. The Morgan fingerprint density at radius 2 is 2.46 bits per heavy atom. The van der Waals surface area contributed by atoms with Crippen LogP contribution in [0.15, 0.2) is 22.8 Å². The van der Waals surface area contributed by atoms with Crippen molar-refractivity contribution in [2.24, 2.45) is 0 Å². The highest BCUT2D eigenvalue weighted by Crippen LogP contribution is 2.27. The average molecular weight is 193 g/mol. The van der Waals surface area contributed by atoms with Gasteiger partial charge in [-0.15, -0.1) is 0 Å². The van der Waals surface area contributed by atoms with E-state index in [4.69, 9.17) is 4.42 Å². The van der Waals surface area contributed by atoms with Gasteiger partial charge in [-0.05, 0) is 30.6 Å². The summed E-state index contributed by atoms with van der Waals surface area (Å²) in [5.41, 5.74) is 1.78. The van der Waals surface area contributed by atoms with Crippen molar-refractivity contribution in [3.8, 4) is 10.4 Å². The van der Waals surface area contributed by atoms with Gasteiger partial charge in [0.2, 0.25) is 0 Å². The smallest absolute Gasteiger partial charge is 0.185 e. The Morgan fingerprint density at radius 3 is 3.08 bits per heavy atom. The van der Waals surface area contributed by atoms with Crippen LogP contribution in [-0.4, -0.2) is 10.7 Å². The van der Waals surface area contributed by atoms with Crippen molar-refractivity contribution in [3.05, 3.63) is 29.9 Å². The summed E-state index contributed by atoms with van der Waals surface area (Å²) in [4.78, 5) is 11.5. The first kappa shape index (κ1) is 8.19. The number of aldehydes is 1. The largest absolute Gasteiger partial charge is 0.461 e. The lowest BCUT2D eigenvalue weighted by molar-refractivity contribution is 0.110. The SMILES string of the molecule is Cc1cc(-c2ccoc2C=O)sn1. The molecule has 0 saturated heterocycles. The molecular weight excluding hydrogens is 186 g/mol. The van der Waals surface area contributed by atoms with Crippen LogP contribution in [0.2, 0.25) is 0 Å². The van der Waals surface area contributed by atoms with Gasteiger partial charge in [0.1, 0.15) is 0 Å². The van der Waals surface area contributed by atoms with Crippen LogP contribution < -0.4 is 0 Å². The first-order chi connectivity index (χ1) is 6.31. The molecule has 2 heterocycles. The fourth-order valence-corrected chi connectivity index (χ4v) is 1.89. The molecular formula is C9H7NO2S. The molecule has 2 rings (SSSR count). The van der Waals surface area contributed by atoms with E-state index in [1.807, 2.05) is 13.0 Å². The van der Waals surface area contributed by atoms with E-state index >= 15 is 0 Å². The summed E-state index contributed by atoms with van der Waals surface area (Å²) in [7, 11) is 0. The van der Waals surface area contributed by atoms with Gasteiger partial charge in [0.25, 0.3) is 0 Å². The molecule has 0 bridgehead atoms. The second kappa shape index (κ2) is 3.14. The number of hydrogen-bond donors (Lipinski definition) is 0. The molecule has 0 aliphatic rings. The molecule has 0 saturated carbocycles. The molecule has 0 fully saturated rings. The highest BCUT2D eigenvalue weighted by molar-refractivity contribution is 7.09. The van der Waals surface area contributed by atoms with Crippen LogP contribution in [0.3, 0.4) is 0 Å². The van der Waals surface area contributed by atoms with Crippen molar-refractivity contribution in [2.45, 2.75) is 6.92 Å². The molecule has 0 radical (unpaired) electrons. The molecule has 0 aromatic carbocycles. The zero-order chi connectivity index (χ0) is 9.26. The monoisotopic (exact) mass is 193 g/mol. The van der Waals surface area contributed by atoms with E-state index in [9.17, 15) is 4.79 Å². The third-order valence-corrected chi connectivity index (χ3v) is 2.61. The number of furan rings is 1. The van der Waals surface area contributed by atoms with Crippen molar-refractivity contribution in [1.29, 1.82) is 0 Å². The van der Waals surface area contributed by atoms with Gasteiger partial charge in [-0.1, -0.05) is 0 Å². The fourth-order valence-electron chi connectivity index (χ4n) is 1.11. The molecule has 2 aromatic heterocycles. The van der Waals surface area contributed by atoms with Crippen LogP contribution in [0.25, 0.3) is 10.4 Å². The highest BCUT2D eigenvalue weighted by Gasteiger charge is 2.09. The first-order valence-electron chi connectivity index (χ1n) is 3.77. The molecule has 0 unspecified atom stereocenters. The Morgan fingerprint density at radius 1 is 1.62 bits per heavy atom. The molecule has 0 spiro atoms. The van der Waals surface area contributed by atoms with Gasteiger partial charge in [0.15, 0.2) is 12.0 Å². The minimum absolute atomic E-state index is 0.364. The average Bonchev–Trinajstić information content (AvgIpc) is 2.71. The maximum Gasteiger partial charge on any atom is 0.185 e. The summed E-state index contributed by atoms with van der Waals surface area (Å²) in [5, 5.41) is 0. The van der Waals surface area contributed by atoms with E-state index < -0.39 is 0 Å². The van der Waals surface area contributed by atoms with Crippen molar-refractivity contribution in [1.82, 2.24) is 4.37 Å². The zero-order valence-electron chi connectivity index (χ0n) is 6.98. The maximum atomic E-state index is 10.6. The molecule has 0 amide bonds. The van der Waals surface area contributed by atoms with Crippen LogP contribution in [0.5, 0.6) is 0 Å². The van der Waals surface area contributed by atoms with Gasteiger partial charge in [0.05, 0.1) is 16.8 Å². The lowest BCUT2D eigenvalue weighted by atomic mass is 10.2. The van der Waals surface area contributed by atoms with Gasteiger partial charge in [-0.3, -0.25) is 4.79 Å². The quantitative estimate of drug-likeness (QED) is 0.688. The van der Waals surface area contributed by atoms with Crippen LogP contribution in [0, 0.1) is 6.92 Å². The summed E-state index contributed by atoms with van der Waals surface area (Å²) in [6, 6.07) is 3.71. The van der Waals surface area contributed by atoms with Gasteiger partial charge < -0.3 is 4.42 Å². The van der Waals surface area contributed by atoms with Gasteiger partial charge in [0, 0.05) is 5.56 Å². The molecule has 66 valence electrons. The third kappa shape index (κ3) is 1.40. The van der Waals surface area contributed by atoms with Crippen molar-refractivity contribution in [3.63, 3.8) is 0 Å². The van der Waals surface area contributed by atoms with Crippen molar-refractivity contribution in [2.75, 3.05) is 0 Å². The van der Waals surface area contributed by atoms with Crippen LogP contribution >= 0.6 is 11.5 Å². The third-order valence-electron chi connectivity index (χ3n) is 1.70. The predicted molar refractivity (Wildman–Crippen MR) is 49.9 cm³/mol. The summed E-state index contributed by atoms with van der Waals surface area (Å²) in [6.45, 7) is 1.92.